The van der Waals surface area contributed by atoms with Crippen molar-refractivity contribution in [1.29, 1.82) is 5.26 Å². The lowest BCUT2D eigenvalue weighted by Gasteiger charge is -2.31. The molecule has 1 aromatic rings. The molecule has 0 atom stereocenters. The Labute approximate surface area is 126 Å². The summed E-state index contributed by atoms with van der Waals surface area (Å²) in [5.74, 6) is 1.44. The Kier molecular flexibility index (Phi) is 5.25. The van der Waals surface area contributed by atoms with Crippen LogP contribution in [-0.2, 0) is 0 Å². The largest absolute Gasteiger partial charge is 0.352 e. The fourth-order valence-corrected chi connectivity index (χ4v) is 3.06. The molecule has 0 aliphatic heterocycles. The normalized spacial score (nSPS) is 15.6. The van der Waals surface area contributed by atoms with Crippen LogP contribution in [0.15, 0.2) is 12.3 Å². The maximum atomic E-state index is 9.13. The molecule has 108 valence electrons. The molecule has 4 heteroatoms. The van der Waals surface area contributed by atoms with Gasteiger partial charge in [-0.05, 0) is 31.2 Å². The third kappa shape index (κ3) is 3.43. The topological polar surface area (TPSA) is 39.9 Å². The second-order valence-electron chi connectivity index (χ2n) is 5.92. The molecule has 1 saturated carbocycles. The molecule has 1 aromatic heterocycles. The van der Waals surface area contributed by atoms with Gasteiger partial charge in [0.05, 0.1) is 5.56 Å². The van der Waals surface area contributed by atoms with Crippen LogP contribution in [0.1, 0.15) is 51.5 Å². The molecule has 1 heterocycles. The van der Waals surface area contributed by atoms with Gasteiger partial charge in [-0.3, -0.25) is 0 Å². The standard InChI is InChI=1S/C16H22ClN3/c1-12(2)8-10-20(14-5-3-4-6-14)16-15(17)13(11-18)7-9-19-16/h7,9,12,14H,3-6,8,10H2,1-2H3. The van der Waals surface area contributed by atoms with Crippen LogP contribution >= 0.6 is 11.6 Å². The molecule has 1 fully saturated rings. The molecule has 0 radical (unpaired) electrons. The number of rotatable bonds is 5. The predicted octanol–water partition coefficient (Wildman–Crippen LogP) is 4.40. The minimum Gasteiger partial charge on any atom is -0.352 e. The fourth-order valence-electron chi connectivity index (χ4n) is 2.79. The van der Waals surface area contributed by atoms with E-state index in [1.165, 1.54) is 25.7 Å². The maximum absolute atomic E-state index is 9.13. The quantitative estimate of drug-likeness (QED) is 0.807. The van der Waals surface area contributed by atoms with Crippen LogP contribution in [0, 0.1) is 17.2 Å². The van der Waals surface area contributed by atoms with E-state index in [9.17, 15) is 0 Å². The average Bonchev–Trinajstić information content (AvgIpc) is 2.94. The first-order chi connectivity index (χ1) is 9.63. The van der Waals surface area contributed by atoms with Gasteiger partial charge >= 0.3 is 0 Å². The molecule has 2 rings (SSSR count). The fraction of sp³-hybridized carbons (Fsp3) is 0.625. The van der Waals surface area contributed by atoms with E-state index in [1.54, 1.807) is 12.3 Å². The number of aromatic nitrogens is 1. The number of hydrogen-bond donors (Lipinski definition) is 0. The van der Waals surface area contributed by atoms with Gasteiger partial charge in [0.1, 0.15) is 16.9 Å². The van der Waals surface area contributed by atoms with E-state index in [-0.39, 0.29) is 0 Å². The molecule has 0 spiro atoms. The highest BCUT2D eigenvalue weighted by Gasteiger charge is 2.26. The number of anilines is 1. The smallest absolute Gasteiger partial charge is 0.148 e. The summed E-state index contributed by atoms with van der Waals surface area (Å²) in [6.45, 7) is 5.42. The molecule has 0 amide bonds. The van der Waals surface area contributed by atoms with Crippen LogP contribution in [0.25, 0.3) is 0 Å². The highest BCUT2D eigenvalue weighted by molar-refractivity contribution is 6.34. The molecule has 1 aliphatic carbocycles. The predicted molar refractivity (Wildman–Crippen MR) is 83.0 cm³/mol. The zero-order chi connectivity index (χ0) is 14.5. The van der Waals surface area contributed by atoms with E-state index in [1.807, 2.05) is 0 Å². The van der Waals surface area contributed by atoms with E-state index in [0.29, 0.717) is 22.5 Å². The SMILES string of the molecule is CC(C)CCN(c1nccc(C#N)c1Cl)C1CCCC1. The third-order valence-corrected chi connectivity index (χ3v) is 4.35. The highest BCUT2D eigenvalue weighted by atomic mass is 35.5. The zero-order valence-corrected chi connectivity index (χ0v) is 13.0. The van der Waals surface area contributed by atoms with Crippen LogP contribution in [-0.4, -0.2) is 17.6 Å². The summed E-state index contributed by atoms with van der Waals surface area (Å²) in [6, 6.07) is 4.35. The van der Waals surface area contributed by atoms with Crippen molar-refractivity contribution in [2.24, 2.45) is 5.92 Å². The summed E-state index contributed by atoms with van der Waals surface area (Å²) in [6.07, 6.45) is 7.76. The Balaban J connectivity index is 2.28. The third-order valence-electron chi connectivity index (χ3n) is 3.98. The summed E-state index contributed by atoms with van der Waals surface area (Å²) in [4.78, 5) is 6.78. The van der Waals surface area contributed by atoms with E-state index in [0.717, 1.165) is 18.8 Å². The first-order valence-electron chi connectivity index (χ1n) is 7.44. The average molecular weight is 292 g/mol. The summed E-state index contributed by atoms with van der Waals surface area (Å²) in [5, 5.41) is 9.63. The van der Waals surface area contributed by atoms with Crippen molar-refractivity contribution < 1.29 is 0 Å². The second kappa shape index (κ2) is 6.95. The molecule has 0 N–H and O–H groups in total. The van der Waals surface area contributed by atoms with Crippen LogP contribution in [0.3, 0.4) is 0 Å². The van der Waals surface area contributed by atoms with Gasteiger partial charge in [-0.2, -0.15) is 5.26 Å². The Hall–Kier alpha value is -1.27. The van der Waals surface area contributed by atoms with Gasteiger partial charge < -0.3 is 4.90 Å². The van der Waals surface area contributed by atoms with Gasteiger partial charge in [-0.25, -0.2) is 4.98 Å². The van der Waals surface area contributed by atoms with Gasteiger partial charge in [-0.1, -0.05) is 38.3 Å². The van der Waals surface area contributed by atoms with Crippen molar-refractivity contribution in [3.05, 3.63) is 22.8 Å². The summed E-state index contributed by atoms with van der Waals surface area (Å²) in [5.41, 5.74) is 0.518. The number of hydrogen-bond acceptors (Lipinski definition) is 3. The highest BCUT2D eigenvalue weighted by Crippen LogP contribution is 2.33. The van der Waals surface area contributed by atoms with Crippen molar-refractivity contribution in [2.45, 2.75) is 52.0 Å². The van der Waals surface area contributed by atoms with Crippen molar-refractivity contribution in [2.75, 3.05) is 11.4 Å². The Morgan fingerprint density at radius 1 is 1.45 bits per heavy atom. The van der Waals surface area contributed by atoms with Crippen molar-refractivity contribution in [3.8, 4) is 6.07 Å². The first kappa shape index (κ1) is 15.1. The van der Waals surface area contributed by atoms with Crippen molar-refractivity contribution in [3.63, 3.8) is 0 Å². The molecule has 0 unspecified atom stereocenters. The Morgan fingerprint density at radius 2 is 2.15 bits per heavy atom. The molecule has 20 heavy (non-hydrogen) atoms. The monoisotopic (exact) mass is 291 g/mol. The lowest BCUT2D eigenvalue weighted by Crippen LogP contribution is -2.35. The van der Waals surface area contributed by atoms with E-state index >= 15 is 0 Å². The van der Waals surface area contributed by atoms with Crippen LogP contribution in [0.2, 0.25) is 5.02 Å². The minimum atomic E-state index is 0.505. The molecule has 1 aliphatic rings. The second-order valence-corrected chi connectivity index (χ2v) is 6.30. The molecule has 0 bridgehead atoms. The Morgan fingerprint density at radius 3 is 2.75 bits per heavy atom. The molecule has 0 aromatic carbocycles. The van der Waals surface area contributed by atoms with E-state index < -0.39 is 0 Å². The summed E-state index contributed by atoms with van der Waals surface area (Å²) >= 11 is 6.37. The molecular weight excluding hydrogens is 270 g/mol. The van der Waals surface area contributed by atoms with Crippen LogP contribution in [0.4, 0.5) is 5.82 Å². The van der Waals surface area contributed by atoms with E-state index in [4.69, 9.17) is 16.9 Å². The summed E-state index contributed by atoms with van der Waals surface area (Å²) in [7, 11) is 0. The van der Waals surface area contributed by atoms with Crippen LogP contribution in [0.5, 0.6) is 0 Å². The Bertz CT molecular complexity index is 487. The van der Waals surface area contributed by atoms with Gasteiger partial charge in [0, 0.05) is 18.8 Å². The summed E-state index contributed by atoms with van der Waals surface area (Å²) < 4.78 is 0. The van der Waals surface area contributed by atoms with Crippen molar-refractivity contribution in [1.82, 2.24) is 4.98 Å². The lowest BCUT2D eigenvalue weighted by molar-refractivity contribution is 0.525. The minimum absolute atomic E-state index is 0.505. The van der Waals surface area contributed by atoms with Gasteiger partial charge in [-0.15, -0.1) is 0 Å². The lowest BCUT2D eigenvalue weighted by atomic mass is 10.1. The number of nitrogens with zero attached hydrogens (tertiary/aromatic N) is 3. The first-order valence-corrected chi connectivity index (χ1v) is 7.82. The van der Waals surface area contributed by atoms with Gasteiger partial charge in [0.25, 0.3) is 0 Å². The molecule has 0 saturated heterocycles. The molecule has 3 nitrogen and oxygen atoms in total. The maximum Gasteiger partial charge on any atom is 0.148 e. The number of nitriles is 1. The van der Waals surface area contributed by atoms with Crippen LogP contribution < -0.4 is 4.90 Å². The number of pyridine rings is 1. The zero-order valence-electron chi connectivity index (χ0n) is 12.3. The van der Waals surface area contributed by atoms with E-state index in [2.05, 4.69) is 29.8 Å². The van der Waals surface area contributed by atoms with Gasteiger partial charge in [0.15, 0.2) is 0 Å². The number of halogens is 1. The van der Waals surface area contributed by atoms with Crippen molar-refractivity contribution >= 4 is 17.4 Å². The molecular formula is C16H22ClN3. The van der Waals surface area contributed by atoms with Gasteiger partial charge in [0.2, 0.25) is 0 Å².